The monoisotopic (exact) mass is 266 g/mol. The lowest BCUT2D eigenvalue weighted by Gasteiger charge is -2.40. The van der Waals surface area contributed by atoms with Gasteiger partial charge in [-0.2, -0.15) is 0 Å². The highest BCUT2D eigenvalue weighted by atomic mass is 35.5. The number of benzene rings is 1. The molecule has 1 unspecified atom stereocenters. The third kappa shape index (κ3) is 3.25. The second-order valence-electron chi connectivity index (χ2n) is 5.70. The van der Waals surface area contributed by atoms with Gasteiger partial charge in [-0.05, 0) is 36.0 Å². The van der Waals surface area contributed by atoms with E-state index in [1.807, 2.05) is 12.1 Å². The fourth-order valence-electron chi connectivity index (χ4n) is 3.15. The zero-order valence-electron chi connectivity index (χ0n) is 11.3. The van der Waals surface area contributed by atoms with Crippen LogP contribution in [0.4, 0.5) is 0 Å². The average molecular weight is 267 g/mol. The Labute approximate surface area is 115 Å². The van der Waals surface area contributed by atoms with Gasteiger partial charge in [0.05, 0.1) is 0 Å². The second kappa shape index (κ2) is 6.05. The summed E-state index contributed by atoms with van der Waals surface area (Å²) in [4.78, 5) is 2.53. The SMILES string of the molecule is C[C@@H]1C[C@H](C)CN(C(CN)c2ccc(Cl)cc2)C1. The third-order valence-corrected chi connectivity index (χ3v) is 4.07. The molecule has 1 aliphatic rings. The molecule has 1 saturated heterocycles. The molecule has 18 heavy (non-hydrogen) atoms. The predicted octanol–water partition coefficient (Wildman–Crippen LogP) is 3.32. The van der Waals surface area contributed by atoms with Gasteiger partial charge in [0.2, 0.25) is 0 Å². The van der Waals surface area contributed by atoms with E-state index >= 15 is 0 Å². The summed E-state index contributed by atoms with van der Waals surface area (Å²) in [6.07, 6.45) is 1.33. The molecule has 2 rings (SSSR count). The Morgan fingerprint density at radius 1 is 1.22 bits per heavy atom. The lowest BCUT2D eigenvalue weighted by Crippen LogP contribution is -2.43. The van der Waals surface area contributed by atoms with Gasteiger partial charge in [-0.25, -0.2) is 0 Å². The van der Waals surface area contributed by atoms with Gasteiger partial charge in [0.1, 0.15) is 0 Å². The van der Waals surface area contributed by atoms with E-state index in [1.165, 1.54) is 12.0 Å². The van der Waals surface area contributed by atoms with Crippen molar-refractivity contribution < 1.29 is 0 Å². The molecule has 2 N–H and O–H groups in total. The van der Waals surface area contributed by atoms with Crippen molar-refractivity contribution in [2.45, 2.75) is 26.3 Å². The van der Waals surface area contributed by atoms with Gasteiger partial charge in [0.25, 0.3) is 0 Å². The molecule has 0 amide bonds. The van der Waals surface area contributed by atoms with Gasteiger partial charge in [-0.1, -0.05) is 37.6 Å². The van der Waals surface area contributed by atoms with Gasteiger partial charge in [-0.3, -0.25) is 4.90 Å². The lowest BCUT2D eigenvalue weighted by molar-refractivity contribution is 0.0984. The Morgan fingerprint density at radius 3 is 2.28 bits per heavy atom. The molecule has 0 spiro atoms. The highest BCUT2D eigenvalue weighted by Gasteiger charge is 2.27. The molecule has 0 aliphatic carbocycles. The van der Waals surface area contributed by atoms with E-state index in [-0.39, 0.29) is 0 Å². The summed E-state index contributed by atoms with van der Waals surface area (Å²) < 4.78 is 0. The molecule has 1 fully saturated rings. The molecule has 100 valence electrons. The van der Waals surface area contributed by atoms with Crippen molar-refractivity contribution in [2.75, 3.05) is 19.6 Å². The topological polar surface area (TPSA) is 29.3 Å². The Hall–Kier alpha value is -0.570. The first kappa shape index (κ1) is 13.9. The lowest BCUT2D eigenvalue weighted by atomic mass is 9.90. The maximum Gasteiger partial charge on any atom is 0.0470 e. The van der Waals surface area contributed by atoms with Gasteiger partial charge in [0, 0.05) is 30.7 Å². The van der Waals surface area contributed by atoms with Crippen molar-refractivity contribution in [1.29, 1.82) is 0 Å². The van der Waals surface area contributed by atoms with Crippen LogP contribution in [0.25, 0.3) is 0 Å². The van der Waals surface area contributed by atoms with E-state index < -0.39 is 0 Å². The zero-order chi connectivity index (χ0) is 13.1. The quantitative estimate of drug-likeness (QED) is 0.909. The van der Waals surface area contributed by atoms with Crippen LogP contribution in [-0.4, -0.2) is 24.5 Å². The Balaban J connectivity index is 2.14. The molecule has 1 aromatic rings. The summed E-state index contributed by atoms with van der Waals surface area (Å²) in [6, 6.07) is 8.44. The van der Waals surface area contributed by atoms with Crippen molar-refractivity contribution in [2.24, 2.45) is 17.6 Å². The normalized spacial score (nSPS) is 27.1. The number of nitrogens with zero attached hydrogens (tertiary/aromatic N) is 1. The van der Waals surface area contributed by atoms with Crippen molar-refractivity contribution in [3.63, 3.8) is 0 Å². The number of halogens is 1. The molecule has 3 atom stereocenters. The van der Waals surface area contributed by atoms with Gasteiger partial charge >= 0.3 is 0 Å². The van der Waals surface area contributed by atoms with Gasteiger partial charge < -0.3 is 5.73 Å². The van der Waals surface area contributed by atoms with E-state index in [0.29, 0.717) is 12.6 Å². The van der Waals surface area contributed by atoms with E-state index in [1.54, 1.807) is 0 Å². The first-order valence-electron chi connectivity index (χ1n) is 6.79. The van der Waals surface area contributed by atoms with Crippen molar-refractivity contribution in [3.05, 3.63) is 34.9 Å². The Kier molecular flexibility index (Phi) is 4.66. The number of piperidine rings is 1. The minimum Gasteiger partial charge on any atom is -0.329 e. The molecule has 3 heteroatoms. The molecule has 2 nitrogen and oxygen atoms in total. The average Bonchev–Trinajstić information content (AvgIpc) is 2.31. The summed E-state index contributed by atoms with van der Waals surface area (Å²) in [5, 5.41) is 0.787. The summed E-state index contributed by atoms with van der Waals surface area (Å²) >= 11 is 5.95. The predicted molar refractivity (Wildman–Crippen MR) is 77.8 cm³/mol. The molecule has 0 saturated carbocycles. The first-order chi connectivity index (χ1) is 8.60. The first-order valence-corrected chi connectivity index (χ1v) is 7.17. The fraction of sp³-hybridized carbons (Fsp3) is 0.600. The molecule has 0 radical (unpaired) electrons. The number of hydrogen-bond donors (Lipinski definition) is 1. The molecular weight excluding hydrogens is 244 g/mol. The van der Waals surface area contributed by atoms with Crippen LogP contribution in [0.3, 0.4) is 0 Å². The number of rotatable bonds is 3. The van der Waals surface area contributed by atoms with E-state index in [4.69, 9.17) is 17.3 Å². The standard InChI is InChI=1S/C15H23ClN2/c1-11-7-12(2)10-18(9-11)15(8-17)13-3-5-14(16)6-4-13/h3-6,11-12,15H,7-10,17H2,1-2H3/t11-,12+,15?. The van der Waals surface area contributed by atoms with Crippen LogP contribution < -0.4 is 5.73 Å². The maximum absolute atomic E-state index is 5.99. The number of nitrogens with two attached hydrogens (primary N) is 1. The Bertz CT molecular complexity index is 367. The van der Waals surface area contributed by atoms with Crippen molar-refractivity contribution in [1.82, 2.24) is 4.90 Å². The summed E-state index contributed by atoms with van der Waals surface area (Å²) in [7, 11) is 0. The highest BCUT2D eigenvalue weighted by molar-refractivity contribution is 6.30. The summed E-state index contributed by atoms with van der Waals surface area (Å²) in [5.41, 5.74) is 7.27. The number of likely N-dealkylation sites (tertiary alicyclic amines) is 1. The van der Waals surface area contributed by atoms with E-state index in [2.05, 4.69) is 30.9 Å². The van der Waals surface area contributed by atoms with Crippen molar-refractivity contribution in [3.8, 4) is 0 Å². The van der Waals surface area contributed by atoms with Crippen LogP contribution in [0.5, 0.6) is 0 Å². The zero-order valence-corrected chi connectivity index (χ0v) is 12.0. The van der Waals surface area contributed by atoms with Crippen LogP contribution in [0, 0.1) is 11.8 Å². The maximum atomic E-state index is 5.99. The van der Waals surface area contributed by atoms with Crippen molar-refractivity contribution >= 4 is 11.6 Å². The minimum absolute atomic E-state index is 0.326. The minimum atomic E-state index is 0.326. The van der Waals surface area contributed by atoms with Gasteiger partial charge in [-0.15, -0.1) is 0 Å². The molecule has 1 aliphatic heterocycles. The van der Waals surface area contributed by atoms with E-state index in [9.17, 15) is 0 Å². The molecule has 0 bridgehead atoms. The molecule has 1 heterocycles. The van der Waals surface area contributed by atoms with Gasteiger partial charge in [0.15, 0.2) is 0 Å². The highest BCUT2D eigenvalue weighted by Crippen LogP contribution is 2.29. The summed E-state index contributed by atoms with van der Waals surface area (Å²) in [5.74, 6) is 1.52. The smallest absolute Gasteiger partial charge is 0.0470 e. The molecule has 0 aromatic heterocycles. The molecular formula is C15H23ClN2. The van der Waals surface area contributed by atoms with Crippen LogP contribution in [0.2, 0.25) is 5.02 Å². The fourth-order valence-corrected chi connectivity index (χ4v) is 3.27. The summed E-state index contributed by atoms with van der Waals surface area (Å²) in [6.45, 7) is 7.63. The molecule has 1 aromatic carbocycles. The number of hydrogen-bond acceptors (Lipinski definition) is 2. The Morgan fingerprint density at radius 2 is 1.78 bits per heavy atom. The van der Waals surface area contributed by atoms with Crippen LogP contribution in [-0.2, 0) is 0 Å². The van der Waals surface area contributed by atoms with Crippen LogP contribution in [0.15, 0.2) is 24.3 Å². The third-order valence-electron chi connectivity index (χ3n) is 3.82. The van der Waals surface area contributed by atoms with E-state index in [0.717, 1.165) is 29.9 Å². The van der Waals surface area contributed by atoms with Crippen LogP contribution in [0.1, 0.15) is 31.9 Å². The second-order valence-corrected chi connectivity index (χ2v) is 6.14. The van der Waals surface area contributed by atoms with Crippen LogP contribution >= 0.6 is 11.6 Å². The largest absolute Gasteiger partial charge is 0.329 e.